The van der Waals surface area contributed by atoms with E-state index in [-0.39, 0.29) is 0 Å². The SMILES string of the molecule is Cc1ccc2nc(C(C)(N)c3ccccc3)oc2c1. The molecule has 3 nitrogen and oxygen atoms in total. The van der Waals surface area contributed by atoms with Crippen LogP contribution in [0.4, 0.5) is 0 Å². The van der Waals surface area contributed by atoms with Gasteiger partial charge >= 0.3 is 0 Å². The van der Waals surface area contributed by atoms with Crippen LogP contribution >= 0.6 is 0 Å². The Labute approximate surface area is 112 Å². The first kappa shape index (κ1) is 11.9. The van der Waals surface area contributed by atoms with Crippen LogP contribution in [-0.2, 0) is 5.54 Å². The number of aryl methyl sites for hydroxylation is 1. The molecule has 96 valence electrons. The molecule has 0 amide bonds. The van der Waals surface area contributed by atoms with E-state index in [1.807, 2.05) is 62.4 Å². The van der Waals surface area contributed by atoms with E-state index in [0.717, 1.165) is 22.2 Å². The Hall–Kier alpha value is -2.13. The summed E-state index contributed by atoms with van der Waals surface area (Å²) in [5.74, 6) is 0.541. The minimum atomic E-state index is -0.728. The first-order valence-electron chi connectivity index (χ1n) is 6.29. The van der Waals surface area contributed by atoms with Crippen molar-refractivity contribution >= 4 is 11.1 Å². The number of fused-ring (bicyclic) bond motifs is 1. The molecular formula is C16H16N2O. The third-order valence-corrected chi connectivity index (χ3v) is 3.36. The largest absolute Gasteiger partial charge is 0.438 e. The van der Waals surface area contributed by atoms with E-state index in [9.17, 15) is 0 Å². The van der Waals surface area contributed by atoms with Crippen LogP contribution in [0.3, 0.4) is 0 Å². The van der Waals surface area contributed by atoms with Crippen molar-refractivity contribution in [3.63, 3.8) is 0 Å². The van der Waals surface area contributed by atoms with E-state index >= 15 is 0 Å². The maximum atomic E-state index is 6.41. The monoisotopic (exact) mass is 252 g/mol. The second kappa shape index (κ2) is 4.21. The quantitative estimate of drug-likeness (QED) is 0.760. The van der Waals surface area contributed by atoms with Gasteiger partial charge < -0.3 is 10.2 Å². The molecule has 2 N–H and O–H groups in total. The Morgan fingerprint density at radius 1 is 1.11 bits per heavy atom. The molecule has 0 spiro atoms. The van der Waals surface area contributed by atoms with Gasteiger partial charge in [0.2, 0.25) is 5.89 Å². The van der Waals surface area contributed by atoms with E-state index < -0.39 is 5.54 Å². The summed E-state index contributed by atoms with van der Waals surface area (Å²) in [4.78, 5) is 4.51. The Bertz CT molecular complexity index is 714. The molecule has 1 heterocycles. The highest BCUT2D eigenvalue weighted by molar-refractivity contribution is 5.73. The normalized spacial score (nSPS) is 14.5. The molecule has 3 rings (SSSR count). The van der Waals surface area contributed by atoms with Gasteiger partial charge in [-0.2, -0.15) is 0 Å². The predicted molar refractivity (Wildman–Crippen MR) is 75.8 cm³/mol. The topological polar surface area (TPSA) is 52.0 Å². The lowest BCUT2D eigenvalue weighted by Gasteiger charge is -2.20. The van der Waals surface area contributed by atoms with Crippen LogP contribution < -0.4 is 5.73 Å². The molecule has 19 heavy (non-hydrogen) atoms. The average molecular weight is 252 g/mol. The molecule has 1 aromatic heterocycles. The van der Waals surface area contributed by atoms with Crippen LogP contribution in [0.1, 0.15) is 23.9 Å². The van der Waals surface area contributed by atoms with Gasteiger partial charge in [-0.1, -0.05) is 36.4 Å². The van der Waals surface area contributed by atoms with Gasteiger partial charge in [0.25, 0.3) is 0 Å². The summed E-state index contributed by atoms with van der Waals surface area (Å²) in [5, 5.41) is 0. The minimum absolute atomic E-state index is 0.541. The van der Waals surface area contributed by atoms with Crippen molar-refractivity contribution in [1.82, 2.24) is 4.98 Å². The van der Waals surface area contributed by atoms with Crippen LogP contribution in [0.5, 0.6) is 0 Å². The fourth-order valence-electron chi connectivity index (χ4n) is 2.16. The molecule has 0 fully saturated rings. The van der Waals surface area contributed by atoms with Crippen molar-refractivity contribution < 1.29 is 4.42 Å². The van der Waals surface area contributed by atoms with Gasteiger partial charge in [0.1, 0.15) is 11.1 Å². The lowest BCUT2D eigenvalue weighted by atomic mass is 9.93. The molecule has 0 aliphatic heterocycles. The van der Waals surface area contributed by atoms with Gasteiger partial charge in [-0.3, -0.25) is 0 Å². The fraction of sp³-hybridized carbons (Fsp3) is 0.188. The fourth-order valence-corrected chi connectivity index (χ4v) is 2.16. The van der Waals surface area contributed by atoms with Gasteiger partial charge in [-0.15, -0.1) is 0 Å². The lowest BCUT2D eigenvalue weighted by Crippen LogP contribution is -2.34. The Morgan fingerprint density at radius 3 is 2.58 bits per heavy atom. The van der Waals surface area contributed by atoms with Crippen molar-refractivity contribution in [2.45, 2.75) is 19.4 Å². The van der Waals surface area contributed by atoms with Crippen molar-refractivity contribution in [2.75, 3.05) is 0 Å². The molecule has 2 aromatic carbocycles. The van der Waals surface area contributed by atoms with E-state index in [1.54, 1.807) is 0 Å². The molecule has 0 aliphatic rings. The minimum Gasteiger partial charge on any atom is -0.438 e. The standard InChI is InChI=1S/C16H16N2O/c1-11-8-9-13-14(10-11)19-15(18-13)16(2,17)12-6-4-3-5-7-12/h3-10H,17H2,1-2H3. The zero-order valence-corrected chi connectivity index (χ0v) is 11.1. The second-order valence-corrected chi connectivity index (χ2v) is 5.06. The highest BCUT2D eigenvalue weighted by Crippen LogP contribution is 2.28. The van der Waals surface area contributed by atoms with E-state index in [0.29, 0.717) is 5.89 Å². The summed E-state index contributed by atoms with van der Waals surface area (Å²) in [6, 6.07) is 15.8. The number of hydrogen-bond acceptors (Lipinski definition) is 3. The maximum Gasteiger partial charge on any atom is 0.219 e. The lowest BCUT2D eigenvalue weighted by molar-refractivity contribution is 0.418. The molecule has 0 saturated carbocycles. The average Bonchev–Trinajstić information content (AvgIpc) is 2.83. The predicted octanol–water partition coefficient (Wildman–Crippen LogP) is 3.36. The van der Waals surface area contributed by atoms with Crippen LogP contribution in [0.2, 0.25) is 0 Å². The molecule has 0 radical (unpaired) electrons. The summed E-state index contributed by atoms with van der Waals surface area (Å²) in [5.41, 5.74) is 9.43. The Balaban J connectivity index is 2.13. The van der Waals surface area contributed by atoms with Gasteiger partial charge in [0, 0.05) is 0 Å². The molecule has 0 aliphatic carbocycles. The van der Waals surface area contributed by atoms with Crippen LogP contribution in [0.25, 0.3) is 11.1 Å². The van der Waals surface area contributed by atoms with Gasteiger partial charge in [0.05, 0.1) is 0 Å². The number of rotatable bonds is 2. The van der Waals surface area contributed by atoms with Crippen LogP contribution in [-0.4, -0.2) is 4.98 Å². The second-order valence-electron chi connectivity index (χ2n) is 5.06. The zero-order chi connectivity index (χ0) is 13.5. The number of aromatic nitrogens is 1. The zero-order valence-electron chi connectivity index (χ0n) is 11.1. The third-order valence-electron chi connectivity index (χ3n) is 3.36. The molecule has 0 saturated heterocycles. The van der Waals surface area contributed by atoms with Crippen molar-refractivity contribution in [3.05, 3.63) is 65.5 Å². The number of benzene rings is 2. The van der Waals surface area contributed by atoms with E-state index in [4.69, 9.17) is 10.2 Å². The smallest absolute Gasteiger partial charge is 0.219 e. The summed E-state index contributed by atoms with van der Waals surface area (Å²) >= 11 is 0. The van der Waals surface area contributed by atoms with Crippen LogP contribution in [0.15, 0.2) is 52.9 Å². The maximum absolute atomic E-state index is 6.41. The van der Waals surface area contributed by atoms with Gasteiger partial charge in [-0.25, -0.2) is 4.98 Å². The van der Waals surface area contributed by atoms with E-state index in [2.05, 4.69) is 4.98 Å². The molecule has 0 bridgehead atoms. The summed E-state index contributed by atoms with van der Waals surface area (Å²) in [6.07, 6.45) is 0. The Morgan fingerprint density at radius 2 is 1.84 bits per heavy atom. The highest BCUT2D eigenvalue weighted by atomic mass is 16.3. The number of hydrogen-bond donors (Lipinski definition) is 1. The van der Waals surface area contributed by atoms with Gasteiger partial charge in [-0.05, 0) is 37.1 Å². The molecule has 3 aromatic rings. The van der Waals surface area contributed by atoms with E-state index in [1.165, 1.54) is 0 Å². The third kappa shape index (κ3) is 2.02. The first-order valence-corrected chi connectivity index (χ1v) is 6.29. The van der Waals surface area contributed by atoms with Crippen molar-refractivity contribution in [2.24, 2.45) is 5.73 Å². The van der Waals surface area contributed by atoms with Crippen LogP contribution in [0, 0.1) is 6.92 Å². The molecular weight excluding hydrogens is 236 g/mol. The Kier molecular flexibility index (Phi) is 2.64. The molecule has 1 unspecified atom stereocenters. The van der Waals surface area contributed by atoms with Gasteiger partial charge in [0.15, 0.2) is 5.58 Å². The highest BCUT2D eigenvalue weighted by Gasteiger charge is 2.29. The number of nitrogens with two attached hydrogens (primary N) is 1. The van der Waals surface area contributed by atoms with Crippen molar-refractivity contribution in [1.29, 1.82) is 0 Å². The molecule has 1 atom stereocenters. The first-order chi connectivity index (χ1) is 9.07. The summed E-state index contributed by atoms with van der Waals surface area (Å²) < 4.78 is 5.83. The summed E-state index contributed by atoms with van der Waals surface area (Å²) in [7, 11) is 0. The number of oxazole rings is 1. The molecule has 3 heteroatoms. The number of nitrogens with zero attached hydrogens (tertiary/aromatic N) is 1. The van der Waals surface area contributed by atoms with Crippen molar-refractivity contribution in [3.8, 4) is 0 Å². The summed E-state index contributed by atoms with van der Waals surface area (Å²) in [6.45, 7) is 3.94.